The van der Waals surface area contributed by atoms with Gasteiger partial charge in [0, 0.05) is 0 Å². The molecule has 8 heteroatoms. The van der Waals surface area contributed by atoms with Gasteiger partial charge in [0.1, 0.15) is 0 Å². The number of allylic oxidation sites excluding steroid dienone is 4. The molecule has 84 heavy (non-hydrogen) atoms. The fourth-order valence-electron chi connectivity index (χ4n) is 19.2. The molecule has 8 aromatic carbocycles. The van der Waals surface area contributed by atoms with Gasteiger partial charge in [0.15, 0.2) is 0 Å². The van der Waals surface area contributed by atoms with Gasteiger partial charge in [0.2, 0.25) is 0 Å². The van der Waals surface area contributed by atoms with Crippen LogP contribution in [0.5, 0.6) is 0 Å². The van der Waals surface area contributed by atoms with Crippen molar-refractivity contribution >= 4 is 70.2 Å². The summed E-state index contributed by atoms with van der Waals surface area (Å²) in [6.45, 7) is 28.5. The maximum absolute atomic E-state index is 11.1. The zero-order valence-corrected chi connectivity index (χ0v) is 61.5. The van der Waals surface area contributed by atoms with E-state index in [1.54, 1.807) is 0 Å². The summed E-state index contributed by atoms with van der Waals surface area (Å²) in [7, 11) is 28.9. The van der Waals surface area contributed by atoms with Gasteiger partial charge in [-0.25, -0.2) is 0 Å². The van der Waals surface area contributed by atoms with Crippen molar-refractivity contribution in [2.75, 3.05) is 0 Å². The van der Waals surface area contributed by atoms with Gasteiger partial charge in [0.05, 0.1) is 0 Å². The number of fused-ring (bicyclic) bond motifs is 4. The summed E-state index contributed by atoms with van der Waals surface area (Å²) in [5.41, 5.74) is 29.0. The monoisotopic (exact) mass is 1370 g/mol. The van der Waals surface area contributed by atoms with E-state index >= 15 is 0 Å². The molecular formula is C76H82Cl4Si2Zr2. The van der Waals surface area contributed by atoms with Crippen LogP contribution >= 0.6 is 34.1 Å². The molecule has 4 aliphatic rings. The third-order valence-electron chi connectivity index (χ3n) is 22.6. The van der Waals surface area contributed by atoms with Crippen LogP contribution in [0.25, 0.3) is 68.8 Å². The molecule has 0 saturated heterocycles. The summed E-state index contributed by atoms with van der Waals surface area (Å²) in [4.78, 5) is 0. The Balaban J connectivity index is 1.30. The van der Waals surface area contributed by atoms with Crippen molar-refractivity contribution in [2.45, 2.75) is 122 Å². The zero-order chi connectivity index (χ0) is 59.6. The summed E-state index contributed by atoms with van der Waals surface area (Å²) >= 11 is 0. The average Bonchev–Trinajstić information content (AvgIpc) is 0.903. The molecule has 8 aromatic rings. The SMILES string of the molecule is CCCc1ccc(-c2cccc3c2C=C(C)[CH]3[Zr]([Cl])([Cl])([CH]2C(C)=Cc3c(-c4ccc(CCC)cc4)cccc32)([SiH](C)C)[Zr]([Cl])([Cl])([CH]2C(C)=Cc3c(-c4ccc(C)cc4)cccc32)([CH]2C(C)=Cc3c(-c4ccc(C)cc4)cccc32)[SiH](C)C)cc1. The molecule has 430 valence electrons. The molecule has 0 saturated carbocycles. The van der Waals surface area contributed by atoms with E-state index in [0.29, 0.717) is 0 Å². The fraction of sp³-hybridized carbons (Fsp3) is 0.263. The third-order valence-corrected chi connectivity index (χ3v) is 438. The van der Waals surface area contributed by atoms with Crippen LogP contribution in [0.15, 0.2) is 192 Å². The van der Waals surface area contributed by atoms with Crippen LogP contribution in [0.2, 0.25) is 26.2 Å². The Hall–Kier alpha value is -3.92. The maximum atomic E-state index is 11.1. The van der Waals surface area contributed by atoms with Gasteiger partial charge >= 0.3 is 514 Å². The van der Waals surface area contributed by atoms with Crippen LogP contribution in [0.1, 0.15) is 136 Å². The Morgan fingerprint density at radius 1 is 0.321 bits per heavy atom. The van der Waals surface area contributed by atoms with Crippen molar-refractivity contribution in [3.8, 4) is 44.5 Å². The minimum absolute atomic E-state index is 0.455. The Morgan fingerprint density at radius 2 is 0.548 bits per heavy atom. The van der Waals surface area contributed by atoms with Crippen molar-refractivity contribution in [3.05, 3.63) is 259 Å². The first-order valence-electron chi connectivity index (χ1n) is 31.0. The van der Waals surface area contributed by atoms with Gasteiger partial charge in [-0.15, -0.1) is 0 Å². The van der Waals surface area contributed by atoms with Gasteiger partial charge < -0.3 is 0 Å². The van der Waals surface area contributed by atoms with Gasteiger partial charge in [-0.05, 0) is 0 Å². The Labute approximate surface area is 508 Å². The van der Waals surface area contributed by atoms with Crippen molar-refractivity contribution in [2.24, 2.45) is 0 Å². The third kappa shape index (κ3) is 7.60. The van der Waals surface area contributed by atoms with Gasteiger partial charge in [0.25, 0.3) is 0 Å². The number of rotatable bonds is 15. The molecule has 0 aliphatic heterocycles. The van der Waals surface area contributed by atoms with Gasteiger partial charge in [-0.2, -0.15) is 0 Å². The van der Waals surface area contributed by atoms with Gasteiger partial charge in [-0.1, -0.05) is 0 Å². The van der Waals surface area contributed by atoms with Gasteiger partial charge in [-0.3, -0.25) is 0 Å². The Bertz CT molecular complexity index is 3910. The molecule has 0 spiro atoms. The summed E-state index contributed by atoms with van der Waals surface area (Å²) in [6.07, 6.45) is 14.2. The van der Waals surface area contributed by atoms with E-state index in [0.717, 1.165) is 25.7 Å². The molecule has 0 radical (unpaired) electrons. The van der Waals surface area contributed by atoms with Crippen LogP contribution in [0.3, 0.4) is 0 Å². The van der Waals surface area contributed by atoms with Crippen LogP contribution in [-0.4, -0.2) is 11.8 Å². The first-order valence-corrected chi connectivity index (χ1v) is 72.2. The predicted octanol–water partition coefficient (Wildman–Crippen LogP) is 23.8. The van der Waals surface area contributed by atoms with Crippen molar-refractivity contribution in [1.29, 1.82) is 0 Å². The number of hydrogen-bond donors (Lipinski definition) is 0. The summed E-state index contributed by atoms with van der Waals surface area (Å²) in [6, 6.07) is 64.6. The molecule has 4 aliphatic carbocycles. The molecule has 4 atom stereocenters. The summed E-state index contributed by atoms with van der Waals surface area (Å²) < 4.78 is -1.82. The van der Waals surface area contributed by atoms with E-state index in [-0.39, 0.29) is 0 Å². The first kappa shape index (κ1) is 60.4. The molecule has 0 amide bonds. The second kappa shape index (κ2) is 20.8. The average molecular weight is 1380 g/mol. The Morgan fingerprint density at radius 3 is 0.762 bits per heavy atom. The van der Waals surface area contributed by atoms with E-state index in [9.17, 15) is 34.1 Å². The fourth-order valence-corrected chi connectivity index (χ4v) is 525. The standard InChI is InChI=1S/2C19H19.2C17H15.2C2H7Si.4ClH.2Zr/c2*1-3-5-15-8-10-16(11-9-15)18-7-4-6-17-12-14(2)13-19(17)18;2*1-12-6-8-14(9-7-12)16-5-3-4-15-10-13(2)11-17(15)16;2*1-3-2;;;;;;/h2*4,6-13H,3,5H2,1-2H3;2*3-11H,1-2H3;2*3H,1-2H3;4*1H;;/q;;;;;;;;;;2*+2/p-4. The van der Waals surface area contributed by atoms with Crippen molar-refractivity contribution in [1.82, 2.24) is 0 Å². The molecule has 12 rings (SSSR count). The number of halogens is 4. The Kier molecular flexibility index (Phi) is 15.0. The quantitative estimate of drug-likeness (QED) is 0.0898. The molecule has 0 aromatic heterocycles. The molecule has 0 N–H and O–H groups in total. The minimum atomic E-state index is -7.69. The van der Waals surface area contributed by atoms with E-state index in [1.807, 2.05) is 0 Å². The van der Waals surface area contributed by atoms with Crippen LogP contribution in [0, 0.1) is 13.8 Å². The summed E-state index contributed by atoms with van der Waals surface area (Å²) in [5.74, 6) is -5.54. The van der Waals surface area contributed by atoms with Crippen molar-refractivity contribution in [3.63, 3.8) is 0 Å². The predicted molar refractivity (Wildman–Crippen MR) is 372 cm³/mol. The van der Waals surface area contributed by atoms with E-state index < -0.39 is 44.9 Å². The van der Waals surface area contributed by atoms with Crippen LogP contribution in [0.4, 0.5) is 0 Å². The molecule has 0 nitrogen and oxygen atoms in total. The molecule has 4 unspecified atom stereocenters. The number of aryl methyl sites for hydroxylation is 4. The molecule has 0 fully saturated rings. The second-order valence-corrected chi connectivity index (χ2v) is 201. The molecular weight excluding hydrogens is 1290 g/mol. The summed E-state index contributed by atoms with van der Waals surface area (Å²) in [5, 5.41) is 0. The zero-order valence-electron chi connectivity index (χ0n) is 51.3. The van der Waals surface area contributed by atoms with E-state index in [4.69, 9.17) is 0 Å². The number of benzene rings is 8. The van der Waals surface area contributed by atoms with Crippen LogP contribution in [-0.2, 0) is 31.4 Å². The normalized spacial score (nSPS) is 19.8. The second-order valence-electron chi connectivity index (χ2n) is 27.2. The topological polar surface area (TPSA) is 0 Å². The number of hydrogen-bond acceptors (Lipinski definition) is 0. The first-order chi connectivity index (χ1) is 39.9. The van der Waals surface area contributed by atoms with Crippen LogP contribution < -0.4 is 0 Å². The molecule has 0 heterocycles. The van der Waals surface area contributed by atoms with E-state index in [1.165, 1.54) is 134 Å². The van der Waals surface area contributed by atoms with E-state index in [2.05, 4.69) is 276 Å². The van der Waals surface area contributed by atoms with Crippen molar-refractivity contribution < 1.29 is 18.6 Å². The molecule has 0 bridgehead atoms.